The van der Waals surface area contributed by atoms with Gasteiger partial charge >= 0.3 is 0 Å². The van der Waals surface area contributed by atoms with Crippen molar-refractivity contribution in [2.45, 2.75) is 46.7 Å². The third-order valence-electron chi connectivity index (χ3n) is 7.19. The van der Waals surface area contributed by atoms with Gasteiger partial charge in [-0.1, -0.05) is 49.2 Å². The molecular weight excluding hydrogens is 526 g/mol. The zero-order valence-corrected chi connectivity index (χ0v) is 24.3. The number of hydrogen-bond donors (Lipinski definition) is 2. The summed E-state index contributed by atoms with van der Waals surface area (Å²) in [5, 5.41) is 7.47. The van der Waals surface area contributed by atoms with Gasteiger partial charge in [-0.25, -0.2) is 0 Å². The molecule has 5 rings (SSSR count). The maximum atomic E-state index is 12.3. The number of nitrogens with zero attached hydrogens (tertiary/aromatic N) is 3. The third kappa shape index (κ3) is 5.16. The predicted octanol–water partition coefficient (Wildman–Crippen LogP) is 7.22. The van der Waals surface area contributed by atoms with Gasteiger partial charge in [0.1, 0.15) is 0 Å². The molecule has 1 fully saturated rings. The first kappa shape index (κ1) is 26.9. The van der Waals surface area contributed by atoms with E-state index in [-0.39, 0.29) is 23.9 Å². The Kier molecular flexibility index (Phi) is 7.47. The van der Waals surface area contributed by atoms with E-state index in [1.807, 2.05) is 50.2 Å². The van der Waals surface area contributed by atoms with Crippen molar-refractivity contribution in [3.8, 4) is 5.69 Å². The van der Waals surface area contributed by atoms with Gasteiger partial charge in [0.25, 0.3) is 0 Å². The average molecular weight is 558 g/mol. The minimum atomic E-state index is -0.176. The van der Waals surface area contributed by atoms with Gasteiger partial charge in [0.15, 0.2) is 5.11 Å². The van der Waals surface area contributed by atoms with Gasteiger partial charge in [-0.3, -0.25) is 9.78 Å². The summed E-state index contributed by atoms with van der Waals surface area (Å²) < 4.78 is 2.28. The fourth-order valence-corrected chi connectivity index (χ4v) is 5.73. The van der Waals surface area contributed by atoms with Crippen LogP contribution >= 0.6 is 23.8 Å². The molecule has 1 aliphatic rings. The van der Waals surface area contributed by atoms with E-state index in [0.29, 0.717) is 15.8 Å². The van der Waals surface area contributed by atoms with Gasteiger partial charge in [-0.2, -0.15) is 0 Å². The monoisotopic (exact) mass is 557 g/mol. The van der Waals surface area contributed by atoms with Crippen LogP contribution < -0.4 is 15.5 Å². The third-order valence-corrected chi connectivity index (χ3v) is 7.82. The molecule has 2 N–H and O–H groups in total. The van der Waals surface area contributed by atoms with E-state index < -0.39 is 0 Å². The normalized spacial score (nSPS) is 17.0. The molecule has 2 atom stereocenters. The standard InChI is InChI=1S/C31H32ClN5OS/c1-18(2)30(38)34-26-14-13-23(17-25(26)32)37-29(28(35-31(37)39)27-8-6-7-15-33-27)24-16-20(4)36(21(24)5)22-11-9-19(3)10-12-22/h6-18,28-29H,1-5H3,(H,34,38)(H,35,39)/t28-,29+/m1/s1. The molecule has 8 heteroatoms. The predicted molar refractivity (Wildman–Crippen MR) is 163 cm³/mol. The van der Waals surface area contributed by atoms with E-state index in [4.69, 9.17) is 23.8 Å². The number of thiocarbonyl (C=S) groups is 1. The number of benzene rings is 2. The number of rotatable bonds is 6. The molecule has 2 aromatic heterocycles. The number of anilines is 2. The maximum Gasteiger partial charge on any atom is 0.226 e. The van der Waals surface area contributed by atoms with Crippen LogP contribution in [0.2, 0.25) is 5.02 Å². The number of amides is 1. The first-order valence-electron chi connectivity index (χ1n) is 13.0. The van der Waals surface area contributed by atoms with E-state index in [1.165, 1.54) is 5.56 Å². The molecule has 0 aliphatic carbocycles. The van der Waals surface area contributed by atoms with Crippen LogP contribution in [0.15, 0.2) is 72.9 Å². The Morgan fingerprint density at radius 3 is 2.38 bits per heavy atom. The number of carbonyl (C=O) groups is 1. The van der Waals surface area contributed by atoms with Gasteiger partial charge in [0.2, 0.25) is 5.91 Å². The highest BCUT2D eigenvalue weighted by molar-refractivity contribution is 7.80. The SMILES string of the molecule is Cc1ccc(-n2c(C)cc([C@H]3[C@@H](c4ccccn4)NC(=S)N3c3ccc(NC(=O)C(C)C)c(Cl)c3)c2C)cc1. The molecule has 0 unspecified atom stereocenters. The lowest BCUT2D eigenvalue weighted by Crippen LogP contribution is -2.29. The quantitative estimate of drug-likeness (QED) is 0.245. The minimum absolute atomic E-state index is 0.0837. The number of halogens is 1. The largest absolute Gasteiger partial charge is 0.351 e. The highest BCUT2D eigenvalue weighted by Gasteiger charge is 2.42. The van der Waals surface area contributed by atoms with Gasteiger partial charge in [0.05, 0.1) is 28.5 Å². The fourth-order valence-electron chi connectivity index (χ4n) is 5.16. The van der Waals surface area contributed by atoms with Crippen molar-refractivity contribution in [2.75, 3.05) is 10.2 Å². The molecule has 0 radical (unpaired) electrons. The van der Waals surface area contributed by atoms with E-state index >= 15 is 0 Å². The van der Waals surface area contributed by atoms with Gasteiger partial charge in [0, 0.05) is 34.9 Å². The number of hydrogen-bond acceptors (Lipinski definition) is 3. The lowest BCUT2D eigenvalue weighted by atomic mass is 9.96. The van der Waals surface area contributed by atoms with Crippen LogP contribution in [0.1, 0.15) is 54.1 Å². The highest BCUT2D eigenvalue weighted by atomic mass is 35.5. The van der Waals surface area contributed by atoms with Crippen LogP contribution in [0.3, 0.4) is 0 Å². The molecule has 4 aromatic rings. The summed E-state index contributed by atoms with van der Waals surface area (Å²) in [6.45, 7) is 10.1. The van der Waals surface area contributed by atoms with Crippen LogP contribution in [0.4, 0.5) is 11.4 Å². The lowest BCUT2D eigenvalue weighted by molar-refractivity contribution is -0.118. The summed E-state index contributed by atoms with van der Waals surface area (Å²) in [6.07, 6.45) is 1.80. The van der Waals surface area contributed by atoms with Crippen molar-refractivity contribution in [1.82, 2.24) is 14.9 Å². The van der Waals surface area contributed by atoms with Crippen molar-refractivity contribution >= 4 is 46.2 Å². The number of nitrogens with one attached hydrogen (secondary N) is 2. The molecule has 6 nitrogen and oxygen atoms in total. The Morgan fingerprint density at radius 2 is 1.74 bits per heavy atom. The van der Waals surface area contributed by atoms with Crippen LogP contribution in [0.5, 0.6) is 0 Å². The topological polar surface area (TPSA) is 62.2 Å². The Hall–Kier alpha value is -3.68. The summed E-state index contributed by atoms with van der Waals surface area (Å²) in [5.41, 5.74) is 8.06. The smallest absolute Gasteiger partial charge is 0.226 e. The summed E-state index contributed by atoms with van der Waals surface area (Å²) >= 11 is 12.6. The van der Waals surface area contributed by atoms with Crippen LogP contribution in [0, 0.1) is 26.7 Å². The second-order valence-corrected chi connectivity index (χ2v) is 11.1. The van der Waals surface area contributed by atoms with E-state index in [2.05, 4.69) is 76.2 Å². The molecule has 1 saturated heterocycles. The molecule has 0 bridgehead atoms. The van der Waals surface area contributed by atoms with Gasteiger partial charge in [-0.05, 0) is 87.1 Å². The lowest BCUT2D eigenvalue weighted by Gasteiger charge is -2.28. The number of pyridine rings is 1. The summed E-state index contributed by atoms with van der Waals surface area (Å²) in [7, 11) is 0. The zero-order chi connectivity index (χ0) is 27.8. The second-order valence-electron chi connectivity index (χ2n) is 10.3. The molecule has 3 heterocycles. The van der Waals surface area contributed by atoms with Crippen LogP contribution in [0.25, 0.3) is 5.69 Å². The van der Waals surface area contributed by atoms with Crippen molar-refractivity contribution in [2.24, 2.45) is 5.92 Å². The number of aromatic nitrogens is 2. The Morgan fingerprint density at radius 1 is 1.03 bits per heavy atom. The van der Waals surface area contributed by atoms with Gasteiger partial charge in [-0.15, -0.1) is 0 Å². The Bertz CT molecular complexity index is 1530. The number of aryl methyl sites for hydroxylation is 2. The Balaban J connectivity index is 1.61. The zero-order valence-electron chi connectivity index (χ0n) is 22.7. The minimum Gasteiger partial charge on any atom is -0.351 e. The fraction of sp³-hybridized carbons (Fsp3) is 0.258. The van der Waals surface area contributed by atoms with Crippen LogP contribution in [-0.4, -0.2) is 20.6 Å². The van der Waals surface area contributed by atoms with Gasteiger partial charge < -0.3 is 20.1 Å². The first-order chi connectivity index (χ1) is 18.7. The molecule has 1 amide bonds. The van der Waals surface area contributed by atoms with E-state index in [1.54, 1.807) is 6.20 Å². The summed E-state index contributed by atoms with van der Waals surface area (Å²) in [4.78, 5) is 19.1. The molecule has 0 spiro atoms. The average Bonchev–Trinajstić information content (AvgIpc) is 3.41. The van der Waals surface area contributed by atoms with E-state index in [0.717, 1.165) is 34.0 Å². The summed E-state index contributed by atoms with van der Waals surface area (Å²) in [6, 6.07) is 22.0. The molecular formula is C31H32ClN5OS. The van der Waals surface area contributed by atoms with Crippen molar-refractivity contribution in [3.63, 3.8) is 0 Å². The molecule has 0 saturated carbocycles. The van der Waals surface area contributed by atoms with Crippen molar-refractivity contribution in [3.05, 3.63) is 106 Å². The molecule has 39 heavy (non-hydrogen) atoms. The first-order valence-corrected chi connectivity index (χ1v) is 13.8. The molecule has 200 valence electrons. The maximum absolute atomic E-state index is 12.3. The Labute approximate surface area is 240 Å². The number of carbonyl (C=O) groups excluding carboxylic acids is 1. The summed E-state index contributed by atoms with van der Waals surface area (Å²) in [5.74, 6) is -0.233. The highest BCUT2D eigenvalue weighted by Crippen LogP contribution is 2.44. The van der Waals surface area contributed by atoms with Crippen LogP contribution in [-0.2, 0) is 4.79 Å². The second kappa shape index (κ2) is 10.8. The molecule has 2 aromatic carbocycles. The molecule has 1 aliphatic heterocycles. The van der Waals surface area contributed by atoms with Crippen molar-refractivity contribution < 1.29 is 4.79 Å². The van der Waals surface area contributed by atoms with Crippen molar-refractivity contribution in [1.29, 1.82) is 0 Å². The van der Waals surface area contributed by atoms with E-state index in [9.17, 15) is 4.79 Å².